The number of aromatic nitrogens is 1. The van der Waals surface area contributed by atoms with Crippen molar-refractivity contribution in [1.29, 1.82) is 0 Å². The van der Waals surface area contributed by atoms with Gasteiger partial charge >= 0.3 is 0 Å². The predicted octanol–water partition coefficient (Wildman–Crippen LogP) is 4.08. The van der Waals surface area contributed by atoms with Gasteiger partial charge in [0.25, 0.3) is 0 Å². The van der Waals surface area contributed by atoms with E-state index in [1.165, 1.54) is 5.56 Å². The number of pyridine rings is 1. The van der Waals surface area contributed by atoms with Gasteiger partial charge in [0.1, 0.15) is 0 Å². The summed E-state index contributed by atoms with van der Waals surface area (Å²) in [6.07, 6.45) is 0.858. The van der Waals surface area contributed by atoms with E-state index in [0.717, 1.165) is 40.2 Å². The maximum atomic E-state index is 6.52. The molecule has 1 aliphatic heterocycles. The van der Waals surface area contributed by atoms with Crippen molar-refractivity contribution in [3.8, 4) is 0 Å². The van der Waals surface area contributed by atoms with E-state index < -0.39 is 0 Å². The van der Waals surface area contributed by atoms with Crippen LogP contribution in [0.15, 0.2) is 18.2 Å². The molecule has 0 fully saturated rings. The molecule has 18 heavy (non-hydrogen) atoms. The molecule has 0 saturated heterocycles. The molecule has 1 aliphatic rings. The predicted molar refractivity (Wildman–Crippen MR) is 74.2 cm³/mol. The van der Waals surface area contributed by atoms with E-state index in [1.54, 1.807) is 0 Å². The van der Waals surface area contributed by atoms with Gasteiger partial charge in [-0.3, -0.25) is 4.98 Å². The molecule has 2 nitrogen and oxygen atoms in total. The quantitative estimate of drug-likeness (QED) is 0.772. The third-order valence-corrected chi connectivity index (χ3v) is 3.95. The summed E-state index contributed by atoms with van der Waals surface area (Å²) >= 11 is 6.52. The Hall–Kier alpha value is -1.12. The van der Waals surface area contributed by atoms with E-state index in [2.05, 4.69) is 32.0 Å². The molecule has 0 amide bonds. The molecule has 0 spiro atoms. The Morgan fingerprint density at radius 1 is 1.33 bits per heavy atom. The van der Waals surface area contributed by atoms with Crippen LogP contribution < -0.4 is 0 Å². The van der Waals surface area contributed by atoms with Gasteiger partial charge in [0.15, 0.2) is 0 Å². The SMILES string of the molecule is CC(C)c1ccc2nc3c(c(Cl)c2c1)COCC3. The van der Waals surface area contributed by atoms with E-state index in [4.69, 9.17) is 21.3 Å². The molecule has 1 aromatic heterocycles. The average Bonchev–Trinajstić information content (AvgIpc) is 2.38. The maximum Gasteiger partial charge on any atom is 0.0749 e. The van der Waals surface area contributed by atoms with Crippen LogP contribution in [0.4, 0.5) is 0 Å². The van der Waals surface area contributed by atoms with Gasteiger partial charge in [0.05, 0.1) is 29.4 Å². The number of nitrogens with zero attached hydrogens (tertiary/aromatic N) is 1. The van der Waals surface area contributed by atoms with Crippen molar-refractivity contribution >= 4 is 22.5 Å². The van der Waals surface area contributed by atoms with Gasteiger partial charge in [-0.05, 0) is 23.6 Å². The van der Waals surface area contributed by atoms with Crippen molar-refractivity contribution in [2.45, 2.75) is 32.8 Å². The lowest BCUT2D eigenvalue weighted by Gasteiger charge is -2.18. The second-order valence-corrected chi connectivity index (χ2v) is 5.46. The molecular weight excluding hydrogens is 246 g/mol. The van der Waals surface area contributed by atoms with Crippen molar-refractivity contribution in [1.82, 2.24) is 4.98 Å². The standard InChI is InChI=1S/C15H16ClNO/c1-9(2)10-3-4-13-11(7-10)15(16)12-8-18-6-5-14(12)17-13/h3-4,7,9H,5-6,8H2,1-2H3. The molecule has 0 unspecified atom stereocenters. The second kappa shape index (κ2) is 4.52. The smallest absolute Gasteiger partial charge is 0.0749 e. The highest BCUT2D eigenvalue weighted by Gasteiger charge is 2.17. The zero-order valence-electron chi connectivity index (χ0n) is 10.7. The van der Waals surface area contributed by atoms with Crippen molar-refractivity contribution in [2.75, 3.05) is 6.61 Å². The Kier molecular flexibility index (Phi) is 3.00. The van der Waals surface area contributed by atoms with Crippen LogP contribution in [0.1, 0.15) is 36.6 Å². The van der Waals surface area contributed by atoms with E-state index in [9.17, 15) is 0 Å². The molecule has 0 saturated carbocycles. The average molecular weight is 262 g/mol. The van der Waals surface area contributed by atoms with Gasteiger partial charge in [-0.2, -0.15) is 0 Å². The number of hydrogen-bond acceptors (Lipinski definition) is 2. The van der Waals surface area contributed by atoms with Crippen LogP contribution in [0.3, 0.4) is 0 Å². The molecule has 0 atom stereocenters. The summed E-state index contributed by atoms with van der Waals surface area (Å²) in [6.45, 7) is 5.70. The fourth-order valence-electron chi connectivity index (χ4n) is 2.38. The fraction of sp³-hybridized carbons (Fsp3) is 0.400. The Balaban J connectivity index is 2.26. The second-order valence-electron chi connectivity index (χ2n) is 5.08. The molecule has 1 aromatic carbocycles. The van der Waals surface area contributed by atoms with E-state index in [-0.39, 0.29) is 0 Å². The van der Waals surface area contributed by atoms with E-state index >= 15 is 0 Å². The van der Waals surface area contributed by atoms with Crippen LogP contribution in [0.25, 0.3) is 10.9 Å². The fourth-order valence-corrected chi connectivity index (χ4v) is 2.70. The maximum absolute atomic E-state index is 6.52. The highest BCUT2D eigenvalue weighted by atomic mass is 35.5. The Bertz CT molecular complexity index is 607. The third kappa shape index (κ3) is 1.90. The lowest BCUT2D eigenvalue weighted by atomic mass is 9.99. The molecular formula is C15H16ClNO. The van der Waals surface area contributed by atoms with Gasteiger partial charge in [-0.15, -0.1) is 0 Å². The normalized spacial score (nSPS) is 15.1. The lowest BCUT2D eigenvalue weighted by Crippen LogP contribution is -2.12. The molecule has 0 bridgehead atoms. The van der Waals surface area contributed by atoms with Crippen LogP contribution >= 0.6 is 11.6 Å². The summed E-state index contributed by atoms with van der Waals surface area (Å²) in [4.78, 5) is 4.71. The van der Waals surface area contributed by atoms with Crippen LogP contribution in [0.2, 0.25) is 5.02 Å². The van der Waals surface area contributed by atoms with Gasteiger partial charge in [-0.1, -0.05) is 31.5 Å². The summed E-state index contributed by atoms with van der Waals surface area (Å²) in [5.41, 5.74) is 4.44. The van der Waals surface area contributed by atoms with Crippen molar-refractivity contribution in [3.05, 3.63) is 40.0 Å². The summed E-state index contributed by atoms with van der Waals surface area (Å²) in [5.74, 6) is 0.498. The van der Waals surface area contributed by atoms with Gasteiger partial charge in [0, 0.05) is 17.4 Å². The van der Waals surface area contributed by atoms with Gasteiger partial charge < -0.3 is 4.74 Å². The summed E-state index contributed by atoms with van der Waals surface area (Å²) in [6, 6.07) is 6.37. The van der Waals surface area contributed by atoms with Crippen LogP contribution in [-0.4, -0.2) is 11.6 Å². The van der Waals surface area contributed by atoms with Gasteiger partial charge in [-0.25, -0.2) is 0 Å². The molecule has 0 radical (unpaired) electrons. The number of halogens is 1. The molecule has 0 aliphatic carbocycles. The van der Waals surface area contributed by atoms with Crippen LogP contribution in [0, 0.1) is 0 Å². The number of benzene rings is 1. The number of ether oxygens (including phenoxy) is 1. The largest absolute Gasteiger partial charge is 0.376 e. The summed E-state index contributed by atoms with van der Waals surface area (Å²) in [5, 5.41) is 1.87. The van der Waals surface area contributed by atoms with Crippen molar-refractivity contribution < 1.29 is 4.74 Å². The highest BCUT2D eigenvalue weighted by Crippen LogP contribution is 2.32. The molecule has 0 N–H and O–H groups in total. The number of rotatable bonds is 1. The minimum atomic E-state index is 0.498. The lowest BCUT2D eigenvalue weighted by molar-refractivity contribution is 0.109. The molecule has 2 heterocycles. The van der Waals surface area contributed by atoms with Crippen molar-refractivity contribution in [2.24, 2.45) is 0 Å². The molecule has 3 heteroatoms. The number of fused-ring (bicyclic) bond motifs is 2. The first-order chi connectivity index (χ1) is 8.66. The van der Waals surface area contributed by atoms with E-state index in [0.29, 0.717) is 12.5 Å². The Morgan fingerprint density at radius 3 is 2.94 bits per heavy atom. The minimum absolute atomic E-state index is 0.498. The zero-order valence-corrected chi connectivity index (χ0v) is 11.4. The zero-order chi connectivity index (χ0) is 12.7. The minimum Gasteiger partial charge on any atom is -0.376 e. The van der Waals surface area contributed by atoms with Crippen molar-refractivity contribution in [3.63, 3.8) is 0 Å². The number of hydrogen-bond donors (Lipinski definition) is 0. The summed E-state index contributed by atoms with van der Waals surface area (Å²) < 4.78 is 5.48. The first kappa shape index (κ1) is 11.9. The van der Waals surface area contributed by atoms with Crippen LogP contribution in [0.5, 0.6) is 0 Å². The topological polar surface area (TPSA) is 22.1 Å². The van der Waals surface area contributed by atoms with E-state index in [1.807, 2.05) is 0 Å². The molecule has 3 rings (SSSR count). The third-order valence-electron chi connectivity index (χ3n) is 3.52. The molecule has 94 valence electrons. The highest BCUT2D eigenvalue weighted by molar-refractivity contribution is 6.36. The molecule has 2 aromatic rings. The Morgan fingerprint density at radius 2 is 2.17 bits per heavy atom. The first-order valence-corrected chi connectivity index (χ1v) is 6.73. The Labute approximate surface area is 112 Å². The van der Waals surface area contributed by atoms with Crippen LogP contribution in [-0.2, 0) is 17.8 Å². The monoisotopic (exact) mass is 261 g/mol. The summed E-state index contributed by atoms with van der Waals surface area (Å²) in [7, 11) is 0. The first-order valence-electron chi connectivity index (χ1n) is 6.35. The van der Waals surface area contributed by atoms with Gasteiger partial charge in [0.2, 0.25) is 0 Å².